The Balaban J connectivity index is 1.71. The van der Waals surface area contributed by atoms with E-state index in [1.54, 1.807) is 7.11 Å². The topological polar surface area (TPSA) is 38.3 Å². The predicted molar refractivity (Wildman–Crippen MR) is 87.6 cm³/mol. The molecular weight excluding hydrogens is 317 g/mol. The Hall–Kier alpha value is -2.07. The summed E-state index contributed by atoms with van der Waals surface area (Å²) in [6, 6.07) is 12.1. The van der Waals surface area contributed by atoms with Crippen molar-refractivity contribution < 1.29 is 13.9 Å². The van der Waals surface area contributed by atoms with E-state index in [-0.39, 0.29) is 16.0 Å². The number of rotatable bonds is 5. The fourth-order valence-corrected chi connectivity index (χ4v) is 2.96. The van der Waals surface area contributed by atoms with Gasteiger partial charge in [-0.2, -0.15) is 0 Å². The number of hydrogen-bond acceptors (Lipinski definition) is 2. The van der Waals surface area contributed by atoms with Crippen LogP contribution in [0.25, 0.3) is 0 Å². The van der Waals surface area contributed by atoms with E-state index in [1.807, 2.05) is 24.3 Å². The van der Waals surface area contributed by atoms with Crippen molar-refractivity contribution in [2.45, 2.75) is 18.3 Å². The number of halogens is 2. The molecule has 1 N–H and O–H groups in total. The summed E-state index contributed by atoms with van der Waals surface area (Å²) in [7, 11) is 1.63. The highest BCUT2D eigenvalue weighted by molar-refractivity contribution is 6.33. The van der Waals surface area contributed by atoms with Gasteiger partial charge in [-0.15, -0.1) is 0 Å². The van der Waals surface area contributed by atoms with Crippen LogP contribution >= 0.6 is 11.6 Å². The average Bonchev–Trinajstić information content (AvgIpc) is 3.34. The van der Waals surface area contributed by atoms with Crippen molar-refractivity contribution in [3.8, 4) is 5.75 Å². The molecule has 1 amide bonds. The van der Waals surface area contributed by atoms with E-state index in [4.69, 9.17) is 16.3 Å². The largest absolute Gasteiger partial charge is 0.497 e. The van der Waals surface area contributed by atoms with Crippen molar-refractivity contribution in [2.75, 3.05) is 13.7 Å². The number of amides is 1. The number of nitrogens with one attached hydrogen (secondary N) is 1. The number of hydrogen-bond donors (Lipinski definition) is 1. The first-order valence-corrected chi connectivity index (χ1v) is 7.80. The van der Waals surface area contributed by atoms with Crippen LogP contribution in [-0.4, -0.2) is 19.6 Å². The lowest BCUT2D eigenvalue weighted by Crippen LogP contribution is -2.33. The third kappa shape index (κ3) is 3.17. The number of carbonyl (C=O) groups is 1. The summed E-state index contributed by atoms with van der Waals surface area (Å²) >= 11 is 5.93. The predicted octanol–water partition coefficient (Wildman–Crippen LogP) is 3.95. The van der Waals surface area contributed by atoms with Crippen molar-refractivity contribution in [1.29, 1.82) is 0 Å². The lowest BCUT2D eigenvalue weighted by atomic mass is 9.95. The molecular formula is C18H17ClFNO2. The van der Waals surface area contributed by atoms with Crippen LogP contribution in [0, 0.1) is 5.82 Å². The Kier molecular flexibility index (Phi) is 4.26. The number of benzene rings is 2. The van der Waals surface area contributed by atoms with E-state index in [0.717, 1.165) is 24.2 Å². The van der Waals surface area contributed by atoms with E-state index in [1.165, 1.54) is 18.2 Å². The van der Waals surface area contributed by atoms with Crippen LogP contribution in [0.1, 0.15) is 28.8 Å². The van der Waals surface area contributed by atoms with Gasteiger partial charge < -0.3 is 10.1 Å². The highest BCUT2D eigenvalue weighted by Gasteiger charge is 2.44. The molecule has 0 atom stereocenters. The molecule has 120 valence electrons. The minimum atomic E-state index is -0.607. The Morgan fingerprint density at radius 2 is 1.96 bits per heavy atom. The zero-order valence-corrected chi connectivity index (χ0v) is 13.5. The number of ether oxygens (including phenoxy) is 1. The molecule has 1 aliphatic carbocycles. The molecule has 0 saturated heterocycles. The third-order valence-electron chi connectivity index (χ3n) is 4.33. The summed E-state index contributed by atoms with van der Waals surface area (Å²) in [6.45, 7) is 0.461. The standard InChI is InChI=1S/C18H17ClFNO2/c1-23-13-7-5-12(6-8-13)18(9-10-18)11-21-17(22)16-14(19)3-2-4-15(16)20/h2-8H,9-11H2,1H3,(H,21,22). The van der Waals surface area contributed by atoms with Gasteiger partial charge in [-0.25, -0.2) is 4.39 Å². The van der Waals surface area contributed by atoms with Crippen molar-refractivity contribution in [3.05, 3.63) is 64.4 Å². The molecule has 1 saturated carbocycles. The van der Waals surface area contributed by atoms with Crippen LogP contribution in [0.15, 0.2) is 42.5 Å². The van der Waals surface area contributed by atoms with Crippen LogP contribution in [0.2, 0.25) is 5.02 Å². The normalized spacial score (nSPS) is 15.1. The molecule has 0 aliphatic heterocycles. The first-order valence-electron chi connectivity index (χ1n) is 7.42. The highest BCUT2D eigenvalue weighted by Crippen LogP contribution is 2.48. The summed E-state index contributed by atoms with van der Waals surface area (Å²) < 4.78 is 18.9. The van der Waals surface area contributed by atoms with Gasteiger partial charge in [0.05, 0.1) is 17.7 Å². The van der Waals surface area contributed by atoms with E-state index < -0.39 is 11.7 Å². The van der Waals surface area contributed by atoms with Crippen LogP contribution in [0.3, 0.4) is 0 Å². The second kappa shape index (κ2) is 6.20. The van der Waals surface area contributed by atoms with Crippen LogP contribution in [0.5, 0.6) is 5.75 Å². The minimum absolute atomic E-state index is 0.0698. The molecule has 5 heteroatoms. The minimum Gasteiger partial charge on any atom is -0.497 e. The van der Waals surface area contributed by atoms with Gasteiger partial charge in [0.15, 0.2) is 0 Å². The van der Waals surface area contributed by atoms with Gasteiger partial charge >= 0.3 is 0 Å². The smallest absolute Gasteiger partial charge is 0.255 e. The fourth-order valence-electron chi connectivity index (χ4n) is 2.72. The molecule has 1 fully saturated rings. The molecule has 0 spiro atoms. The van der Waals surface area contributed by atoms with Gasteiger partial charge in [-0.3, -0.25) is 4.79 Å². The molecule has 0 heterocycles. The molecule has 3 rings (SSSR count). The van der Waals surface area contributed by atoms with Crippen molar-refractivity contribution in [2.24, 2.45) is 0 Å². The molecule has 3 nitrogen and oxygen atoms in total. The SMILES string of the molecule is COc1ccc(C2(CNC(=O)c3c(F)cccc3Cl)CC2)cc1. The Morgan fingerprint density at radius 3 is 2.52 bits per heavy atom. The molecule has 1 aliphatic rings. The maximum Gasteiger partial charge on any atom is 0.255 e. The van der Waals surface area contributed by atoms with E-state index in [0.29, 0.717) is 6.54 Å². The monoisotopic (exact) mass is 333 g/mol. The molecule has 2 aromatic carbocycles. The van der Waals surface area contributed by atoms with Gasteiger partial charge in [0.2, 0.25) is 0 Å². The summed E-state index contributed by atoms with van der Waals surface area (Å²) in [5.41, 5.74) is 0.984. The van der Waals surface area contributed by atoms with Crippen LogP contribution in [0.4, 0.5) is 4.39 Å². The van der Waals surface area contributed by atoms with Gasteiger partial charge in [-0.1, -0.05) is 29.8 Å². The summed E-state index contributed by atoms with van der Waals surface area (Å²) in [4.78, 5) is 12.2. The second-order valence-corrected chi connectivity index (χ2v) is 6.20. The lowest BCUT2D eigenvalue weighted by Gasteiger charge is -2.17. The molecule has 0 radical (unpaired) electrons. The Morgan fingerprint density at radius 1 is 1.26 bits per heavy atom. The van der Waals surface area contributed by atoms with E-state index in [9.17, 15) is 9.18 Å². The first-order chi connectivity index (χ1) is 11.1. The molecule has 0 unspecified atom stereocenters. The van der Waals surface area contributed by atoms with Crippen molar-refractivity contribution in [1.82, 2.24) is 5.32 Å². The number of methoxy groups -OCH3 is 1. The van der Waals surface area contributed by atoms with Crippen molar-refractivity contribution >= 4 is 17.5 Å². The zero-order chi connectivity index (χ0) is 16.4. The van der Waals surface area contributed by atoms with Crippen molar-refractivity contribution in [3.63, 3.8) is 0 Å². The molecule has 23 heavy (non-hydrogen) atoms. The summed E-state index contributed by atoms with van der Waals surface area (Å²) in [5.74, 6) is -0.288. The van der Waals surface area contributed by atoms with Gasteiger partial charge in [0.25, 0.3) is 5.91 Å². The van der Waals surface area contributed by atoms with E-state index >= 15 is 0 Å². The van der Waals surface area contributed by atoms with Crippen LogP contribution < -0.4 is 10.1 Å². The maximum atomic E-state index is 13.8. The average molecular weight is 334 g/mol. The summed E-state index contributed by atoms with van der Waals surface area (Å²) in [5, 5.41) is 2.94. The van der Waals surface area contributed by atoms with Gasteiger partial charge in [0, 0.05) is 12.0 Å². The van der Waals surface area contributed by atoms with Gasteiger partial charge in [0.1, 0.15) is 11.6 Å². The quantitative estimate of drug-likeness (QED) is 0.899. The maximum absolute atomic E-state index is 13.8. The van der Waals surface area contributed by atoms with E-state index in [2.05, 4.69) is 5.32 Å². The molecule has 0 aromatic heterocycles. The zero-order valence-electron chi connectivity index (χ0n) is 12.7. The number of carbonyl (C=O) groups excluding carboxylic acids is 1. The lowest BCUT2D eigenvalue weighted by molar-refractivity contribution is 0.0946. The third-order valence-corrected chi connectivity index (χ3v) is 4.65. The Labute approximate surface area is 139 Å². The van der Waals surface area contributed by atoms with Crippen LogP contribution in [-0.2, 0) is 5.41 Å². The Bertz CT molecular complexity index is 706. The fraction of sp³-hybridized carbons (Fsp3) is 0.278. The summed E-state index contributed by atoms with van der Waals surface area (Å²) in [6.07, 6.45) is 1.98. The second-order valence-electron chi connectivity index (χ2n) is 5.79. The molecule has 2 aromatic rings. The molecule has 0 bridgehead atoms. The van der Waals surface area contributed by atoms with Gasteiger partial charge in [-0.05, 0) is 42.7 Å². The highest BCUT2D eigenvalue weighted by atomic mass is 35.5. The first kappa shape index (κ1) is 15.8.